The van der Waals surface area contributed by atoms with Gasteiger partial charge in [-0.1, -0.05) is 0 Å². The van der Waals surface area contributed by atoms with Crippen molar-refractivity contribution < 1.29 is 19.5 Å². The summed E-state index contributed by atoms with van der Waals surface area (Å²) in [6.45, 7) is 2.10. The van der Waals surface area contributed by atoms with Crippen molar-refractivity contribution in [3.05, 3.63) is 29.8 Å². The van der Waals surface area contributed by atoms with Crippen LogP contribution in [0, 0.1) is 0 Å². The van der Waals surface area contributed by atoms with Crippen molar-refractivity contribution in [3.8, 4) is 0 Å². The zero-order chi connectivity index (χ0) is 13.5. The molecule has 0 aromatic heterocycles. The van der Waals surface area contributed by atoms with Crippen LogP contribution in [0.15, 0.2) is 24.3 Å². The summed E-state index contributed by atoms with van der Waals surface area (Å²) in [6, 6.07) is 6.63. The number of rotatable bonds is 3. The minimum atomic E-state index is -0.362. The standard InChI is InChI=1S/C11H15N5O2/c1-2-18-9(17)7-3-5-8(6-4-7)15-11(14)16-10(12)13/h3-6H,2H2,1H3,(H6,12,13,14,15,16)/p+2. The third kappa shape index (κ3) is 4.12. The number of esters is 1. The molecule has 0 amide bonds. The summed E-state index contributed by atoms with van der Waals surface area (Å²) >= 11 is 0. The van der Waals surface area contributed by atoms with Crippen molar-refractivity contribution in [2.24, 2.45) is 17.2 Å². The van der Waals surface area contributed by atoms with Crippen molar-refractivity contribution in [1.82, 2.24) is 0 Å². The van der Waals surface area contributed by atoms with Gasteiger partial charge in [0.15, 0.2) is 5.69 Å². The number of hydrogen-bond donors (Lipinski definition) is 5. The first kappa shape index (κ1) is 13.5. The quantitative estimate of drug-likeness (QED) is 0.214. The molecule has 0 unspecified atom stereocenters. The second-order valence-electron chi connectivity index (χ2n) is 3.42. The van der Waals surface area contributed by atoms with E-state index in [1.54, 1.807) is 31.2 Å². The van der Waals surface area contributed by atoms with Gasteiger partial charge in [0.1, 0.15) is 0 Å². The molecule has 0 atom stereocenters. The lowest BCUT2D eigenvalue weighted by Gasteiger charge is -2.00. The average Bonchev–Trinajstić information content (AvgIpc) is 2.29. The van der Waals surface area contributed by atoms with E-state index in [4.69, 9.17) is 21.9 Å². The molecule has 0 spiro atoms. The topological polar surface area (TPSA) is 132 Å². The van der Waals surface area contributed by atoms with Crippen LogP contribution in [0.25, 0.3) is 0 Å². The predicted octanol–water partition coefficient (Wildman–Crippen LogP) is -3.76. The molecule has 0 aliphatic carbocycles. The van der Waals surface area contributed by atoms with Crippen molar-refractivity contribution in [2.45, 2.75) is 6.92 Å². The maximum atomic E-state index is 11.4. The summed E-state index contributed by atoms with van der Waals surface area (Å²) < 4.78 is 4.86. The SMILES string of the molecule is CCOC(=O)c1ccc([NH+]=C(N)[NH+]=C(N)N)cc1. The van der Waals surface area contributed by atoms with Crippen LogP contribution in [-0.2, 0) is 4.74 Å². The molecule has 8 N–H and O–H groups in total. The van der Waals surface area contributed by atoms with Gasteiger partial charge in [-0.05, 0) is 31.2 Å². The van der Waals surface area contributed by atoms with Crippen LogP contribution in [-0.4, -0.2) is 24.5 Å². The Labute approximate surface area is 104 Å². The van der Waals surface area contributed by atoms with E-state index in [1.165, 1.54) is 0 Å². The number of nitrogens with two attached hydrogens (primary N) is 3. The summed E-state index contributed by atoms with van der Waals surface area (Å²) in [7, 11) is 0. The molecule has 1 aromatic rings. The highest BCUT2D eigenvalue weighted by molar-refractivity contribution is 5.89. The van der Waals surface area contributed by atoms with Crippen LogP contribution in [0.5, 0.6) is 0 Å². The zero-order valence-electron chi connectivity index (χ0n) is 10.1. The third-order valence-corrected chi connectivity index (χ3v) is 1.95. The predicted molar refractivity (Wildman–Crippen MR) is 66.6 cm³/mol. The summed E-state index contributed by atoms with van der Waals surface area (Å²) in [4.78, 5) is 16.7. The molecule has 7 nitrogen and oxygen atoms in total. The number of nitrogens with one attached hydrogen (secondary N) is 2. The highest BCUT2D eigenvalue weighted by Gasteiger charge is 2.08. The molecule has 0 radical (unpaired) electrons. The Bertz CT molecular complexity index is 475. The Kier molecular flexibility index (Phi) is 4.67. The van der Waals surface area contributed by atoms with Gasteiger partial charge in [-0.15, -0.1) is 4.99 Å². The molecule has 0 saturated carbocycles. The lowest BCUT2D eigenvalue weighted by atomic mass is 10.2. The van der Waals surface area contributed by atoms with Crippen LogP contribution in [0.3, 0.4) is 0 Å². The smallest absolute Gasteiger partial charge is 0.462 e. The summed E-state index contributed by atoms with van der Waals surface area (Å²) in [5.74, 6) is -0.180. The molecular formula is C11H17N5O2+2. The number of carbonyl (C=O) groups is 1. The van der Waals surface area contributed by atoms with Gasteiger partial charge < -0.3 is 16.2 Å². The van der Waals surface area contributed by atoms with E-state index in [2.05, 4.69) is 9.98 Å². The normalized spacial score (nSPS) is 10.8. The zero-order valence-corrected chi connectivity index (χ0v) is 10.1. The van der Waals surface area contributed by atoms with Gasteiger partial charge in [-0.25, -0.2) is 10.5 Å². The van der Waals surface area contributed by atoms with E-state index in [0.29, 0.717) is 17.9 Å². The van der Waals surface area contributed by atoms with Crippen LogP contribution >= 0.6 is 0 Å². The molecular weight excluding hydrogens is 234 g/mol. The van der Waals surface area contributed by atoms with Gasteiger partial charge in [-0.2, -0.15) is 4.99 Å². The van der Waals surface area contributed by atoms with Crippen molar-refractivity contribution in [3.63, 3.8) is 0 Å². The second kappa shape index (κ2) is 6.24. The Morgan fingerprint density at radius 1 is 1.22 bits per heavy atom. The molecule has 1 rings (SSSR count). The van der Waals surface area contributed by atoms with Crippen LogP contribution in [0.2, 0.25) is 0 Å². The molecule has 0 fully saturated rings. The van der Waals surface area contributed by atoms with Gasteiger partial charge >= 0.3 is 11.9 Å². The Morgan fingerprint density at radius 2 is 1.83 bits per heavy atom. The van der Waals surface area contributed by atoms with Gasteiger partial charge in [0, 0.05) is 0 Å². The third-order valence-electron chi connectivity index (χ3n) is 1.95. The first-order valence-electron chi connectivity index (χ1n) is 5.34. The van der Waals surface area contributed by atoms with Crippen molar-refractivity contribution in [1.29, 1.82) is 0 Å². The van der Waals surface area contributed by atoms with Crippen LogP contribution < -0.4 is 27.2 Å². The van der Waals surface area contributed by atoms with Crippen molar-refractivity contribution >= 4 is 23.6 Å². The largest absolute Gasteiger partial charge is 0.522 e. The molecule has 0 aliphatic heterocycles. The lowest BCUT2D eigenvalue weighted by molar-refractivity contribution is -0.459. The van der Waals surface area contributed by atoms with Crippen molar-refractivity contribution in [2.75, 3.05) is 6.61 Å². The highest BCUT2D eigenvalue weighted by Crippen LogP contribution is 2.05. The molecule has 18 heavy (non-hydrogen) atoms. The fourth-order valence-electron chi connectivity index (χ4n) is 1.25. The first-order chi connectivity index (χ1) is 8.52. The first-order valence-corrected chi connectivity index (χ1v) is 5.34. The monoisotopic (exact) mass is 251 g/mol. The number of guanidine groups is 2. The van der Waals surface area contributed by atoms with Gasteiger partial charge in [0.2, 0.25) is 0 Å². The van der Waals surface area contributed by atoms with Gasteiger partial charge in [0.25, 0.3) is 5.96 Å². The molecule has 96 valence electrons. The van der Waals surface area contributed by atoms with E-state index in [1.807, 2.05) is 0 Å². The molecule has 0 saturated heterocycles. The molecule has 0 heterocycles. The summed E-state index contributed by atoms with van der Waals surface area (Å²) in [5, 5.41) is 0. The summed E-state index contributed by atoms with van der Waals surface area (Å²) in [5.41, 5.74) is 17.2. The molecule has 0 bridgehead atoms. The number of ether oxygens (including phenoxy) is 1. The molecule has 1 aromatic carbocycles. The van der Waals surface area contributed by atoms with E-state index in [0.717, 1.165) is 0 Å². The fraction of sp³-hybridized carbons (Fsp3) is 0.182. The minimum Gasteiger partial charge on any atom is -0.462 e. The van der Waals surface area contributed by atoms with E-state index in [9.17, 15) is 4.79 Å². The fourth-order valence-corrected chi connectivity index (χ4v) is 1.25. The Hall–Kier alpha value is -2.57. The van der Waals surface area contributed by atoms with E-state index < -0.39 is 0 Å². The van der Waals surface area contributed by atoms with E-state index >= 15 is 0 Å². The summed E-state index contributed by atoms with van der Waals surface area (Å²) in [6.07, 6.45) is 0. The number of carbonyl (C=O) groups excluding carboxylic acids is 1. The van der Waals surface area contributed by atoms with Crippen LogP contribution in [0.4, 0.5) is 5.69 Å². The molecule has 7 heteroatoms. The highest BCUT2D eigenvalue weighted by atomic mass is 16.5. The van der Waals surface area contributed by atoms with Gasteiger partial charge in [0.05, 0.1) is 12.2 Å². The maximum Gasteiger partial charge on any atom is 0.522 e. The second-order valence-corrected chi connectivity index (χ2v) is 3.42. The average molecular weight is 251 g/mol. The lowest BCUT2D eigenvalue weighted by Crippen LogP contribution is -2.96. The van der Waals surface area contributed by atoms with Crippen LogP contribution in [0.1, 0.15) is 17.3 Å². The van der Waals surface area contributed by atoms with E-state index in [-0.39, 0.29) is 17.9 Å². The number of benzene rings is 1. The Morgan fingerprint density at radius 3 is 2.33 bits per heavy atom. The Balaban J connectivity index is 2.83. The maximum absolute atomic E-state index is 11.4. The van der Waals surface area contributed by atoms with Gasteiger partial charge in [-0.3, -0.25) is 0 Å². The number of hydrogen-bond acceptors (Lipinski definition) is 2. The molecule has 0 aliphatic rings. The minimum absolute atomic E-state index is 0.0110.